The van der Waals surface area contributed by atoms with Crippen LogP contribution in [0.4, 0.5) is 0 Å². The second-order valence-electron chi connectivity index (χ2n) is 5.80. The number of amides is 2. The summed E-state index contributed by atoms with van der Waals surface area (Å²) in [5.74, 6) is -1.42. The van der Waals surface area contributed by atoms with Crippen molar-refractivity contribution >= 4 is 17.8 Å². The van der Waals surface area contributed by atoms with E-state index in [2.05, 4.69) is 5.32 Å². The quantitative estimate of drug-likeness (QED) is 0.865. The molecule has 2 N–H and O–H groups in total. The van der Waals surface area contributed by atoms with E-state index in [-0.39, 0.29) is 18.2 Å². The SMILES string of the molecule is CC(=O)NC(CC(=O)N1CCCCC1C(=O)O)c1ccccc1. The Balaban J connectivity index is 2.13. The van der Waals surface area contributed by atoms with Gasteiger partial charge in [0.25, 0.3) is 0 Å². The highest BCUT2D eigenvalue weighted by Gasteiger charge is 2.33. The maximum atomic E-state index is 12.6. The average molecular weight is 318 g/mol. The third kappa shape index (κ3) is 4.55. The molecule has 1 aliphatic rings. The van der Waals surface area contributed by atoms with Gasteiger partial charge in [-0.25, -0.2) is 4.79 Å². The lowest BCUT2D eigenvalue weighted by Gasteiger charge is -2.34. The molecule has 1 saturated heterocycles. The second kappa shape index (κ2) is 7.76. The third-order valence-corrected chi connectivity index (χ3v) is 4.07. The van der Waals surface area contributed by atoms with Crippen molar-refractivity contribution in [1.29, 1.82) is 0 Å². The third-order valence-electron chi connectivity index (χ3n) is 4.07. The molecule has 1 aromatic carbocycles. The summed E-state index contributed by atoms with van der Waals surface area (Å²) in [5, 5.41) is 12.1. The molecule has 0 aromatic heterocycles. The molecule has 6 nitrogen and oxygen atoms in total. The summed E-state index contributed by atoms with van der Waals surface area (Å²) in [6, 6.07) is 8.03. The number of likely N-dealkylation sites (tertiary alicyclic amines) is 1. The van der Waals surface area contributed by atoms with E-state index in [0.29, 0.717) is 13.0 Å². The molecule has 2 unspecified atom stereocenters. The molecule has 1 heterocycles. The minimum atomic E-state index is -0.964. The van der Waals surface area contributed by atoms with Crippen molar-refractivity contribution in [3.8, 4) is 0 Å². The summed E-state index contributed by atoms with van der Waals surface area (Å²) in [6.45, 7) is 1.86. The number of hydrogen-bond acceptors (Lipinski definition) is 3. The van der Waals surface area contributed by atoms with Crippen molar-refractivity contribution in [3.63, 3.8) is 0 Å². The van der Waals surface area contributed by atoms with Crippen LogP contribution in [-0.4, -0.2) is 40.4 Å². The van der Waals surface area contributed by atoms with E-state index in [1.165, 1.54) is 11.8 Å². The van der Waals surface area contributed by atoms with Crippen LogP contribution < -0.4 is 5.32 Å². The predicted molar refractivity (Wildman–Crippen MR) is 84.6 cm³/mol. The largest absolute Gasteiger partial charge is 0.480 e. The van der Waals surface area contributed by atoms with E-state index < -0.39 is 18.1 Å². The van der Waals surface area contributed by atoms with Crippen LogP contribution in [0.2, 0.25) is 0 Å². The Hall–Kier alpha value is -2.37. The molecule has 23 heavy (non-hydrogen) atoms. The number of hydrogen-bond donors (Lipinski definition) is 2. The highest BCUT2D eigenvalue weighted by atomic mass is 16.4. The Bertz CT molecular complexity index is 573. The molecule has 124 valence electrons. The van der Waals surface area contributed by atoms with Crippen molar-refractivity contribution in [2.24, 2.45) is 0 Å². The van der Waals surface area contributed by atoms with E-state index in [9.17, 15) is 19.5 Å². The fraction of sp³-hybridized carbons (Fsp3) is 0.471. The van der Waals surface area contributed by atoms with Crippen molar-refractivity contribution < 1.29 is 19.5 Å². The Morgan fingerprint density at radius 1 is 1.26 bits per heavy atom. The minimum absolute atomic E-state index is 0.0629. The molecule has 0 bridgehead atoms. The van der Waals surface area contributed by atoms with Gasteiger partial charge in [0.2, 0.25) is 11.8 Å². The number of nitrogens with one attached hydrogen (secondary N) is 1. The van der Waals surface area contributed by atoms with Crippen molar-refractivity contribution in [2.45, 2.75) is 44.7 Å². The minimum Gasteiger partial charge on any atom is -0.480 e. The molecule has 1 fully saturated rings. The predicted octanol–water partition coefficient (Wildman–Crippen LogP) is 1.72. The van der Waals surface area contributed by atoms with Gasteiger partial charge in [-0.2, -0.15) is 0 Å². The number of rotatable bonds is 5. The summed E-state index contributed by atoms with van der Waals surface area (Å²) in [4.78, 5) is 36.8. The number of carbonyl (C=O) groups excluding carboxylic acids is 2. The van der Waals surface area contributed by atoms with Crippen LogP contribution in [0.15, 0.2) is 30.3 Å². The van der Waals surface area contributed by atoms with Gasteiger partial charge in [0.1, 0.15) is 6.04 Å². The van der Waals surface area contributed by atoms with Gasteiger partial charge in [-0.05, 0) is 24.8 Å². The lowest BCUT2D eigenvalue weighted by molar-refractivity contribution is -0.152. The van der Waals surface area contributed by atoms with Crippen molar-refractivity contribution in [1.82, 2.24) is 10.2 Å². The molecule has 0 saturated carbocycles. The van der Waals surface area contributed by atoms with E-state index >= 15 is 0 Å². The van der Waals surface area contributed by atoms with Gasteiger partial charge in [0.15, 0.2) is 0 Å². The average Bonchev–Trinajstić information content (AvgIpc) is 2.54. The van der Waals surface area contributed by atoms with Crippen LogP contribution in [0.3, 0.4) is 0 Å². The number of carbonyl (C=O) groups is 3. The maximum Gasteiger partial charge on any atom is 0.326 e. The maximum absolute atomic E-state index is 12.6. The highest BCUT2D eigenvalue weighted by molar-refractivity contribution is 5.85. The van der Waals surface area contributed by atoms with Crippen LogP contribution in [0.25, 0.3) is 0 Å². The van der Waals surface area contributed by atoms with E-state index in [1.807, 2.05) is 30.3 Å². The van der Waals surface area contributed by atoms with Gasteiger partial charge in [0, 0.05) is 13.5 Å². The first kappa shape index (κ1) is 17.0. The Kier molecular flexibility index (Phi) is 5.73. The molecular formula is C17H22N2O4. The van der Waals surface area contributed by atoms with Crippen molar-refractivity contribution in [2.75, 3.05) is 6.54 Å². The standard InChI is InChI=1S/C17H22N2O4/c1-12(20)18-14(13-7-3-2-4-8-13)11-16(21)19-10-6-5-9-15(19)17(22)23/h2-4,7-8,14-15H,5-6,9-11H2,1H3,(H,18,20)(H,22,23). The summed E-state index contributed by atoms with van der Waals surface area (Å²) >= 11 is 0. The number of piperidine rings is 1. The molecule has 0 spiro atoms. The fourth-order valence-electron chi connectivity index (χ4n) is 2.96. The molecule has 2 amide bonds. The first-order valence-electron chi connectivity index (χ1n) is 7.83. The molecule has 6 heteroatoms. The van der Waals surface area contributed by atoms with Crippen molar-refractivity contribution in [3.05, 3.63) is 35.9 Å². The molecule has 1 aliphatic heterocycles. The van der Waals surface area contributed by atoms with Crippen LogP contribution in [0, 0.1) is 0 Å². The van der Waals surface area contributed by atoms with Gasteiger partial charge in [-0.15, -0.1) is 0 Å². The monoisotopic (exact) mass is 318 g/mol. The van der Waals surface area contributed by atoms with Gasteiger partial charge in [0.05, 0.1) is 12.5 Å². The number of nitrogens with zero attached hydrogens (tertiary/aromatic N) is 1. The van der Waals surface area contributed by atoms with E-state index in [4.69, 9.17) is 0 Å². The first-order chi connectivity index (χ1) is 11.0. The normalized spacial score (nSPS) is 19.0. The van der Waals surface area contributed by atoms with Gasteiger partial charge < -0.3 is 15.3 Å². The van der Waals surface area contributed by atoms with Gasteiger partial charge in [-0.3, -0.25) is 9.59 Å². The number of aliphatic carboxylic acids is 1. The lowest BCUT2D eigenvalue weighted by Crippen LogP contribution is -2.48. The van der Waals surface area contributed by atoms with E-state index in [1.54, 1.807) is 0 Å². The lowest BCUT2D eigenvalue weighted by atomic mass is 9.99. The molecule has 1 aromatic rings. The van der Waals surface area contributed by atoms with Gasteiger partial charge >= 0.3 is 5.97 Å². The molecule has 0 aliphatic carbocycles. The molecule has 0 radical (unpaired) electrons. The summed E-state index contributed by atoms with van der Waals surface area (Å²) < 4.78 is 0. The molecule has 2 atom stereocenters. The number of carboxylic acid groups (broad SMARTS) is 1. The Labute approximate surface area is 135 Å². The zero-order valence-corrected chi connectivity index (χ0v) is 13.2. The van der Waals surface area contributed by atoms with Crippen LogP contribution in [-0.2, 0) is 14.4 Å². The van der Waals surface area contributed by atoms with E-state index in [0.717, 1.165) is 18.4 Å². The molecular weight excluding hydrogens is 296 g/mol. The molecule has 2 rings (SSSR count). The highest BCUT2D eigenvalue weighted by Crippen LogP contribution is 2.22. The fourth-order valence-corrected chi connectivity index (χ4v) is 2.96. The zero-order valence-electron chi connectivity index (χ0n) is 13.2. The van der Waals surface area contributed by atoms with Crippen LogP contribution in [0.1, 0.15) is 44.2 Å². The number of carboxylic acids is 1. The smallest absolute Gasteiger partial charge is 0.326 e. The Morgan fingerprint density at radius 3 is 2.57 bits per heavy atom. The van der Waals surface area contributed by atoms with Crippen LogP contribution >= 0.6 is 0 Å². The topological polar surface area (TPSA) is 86.7 Å². The Morgan fingerprint density at radius 2 is 1.96 bits per heavy atom. The first-order valence-corrected chi connectivity index (χ1v) is 7.83. The number of benzene rings is 1. The summed E-state index contributed by atoms with van der Waals surface area (Å²) in [6.07, 6.45) is 2.17. The zero-order chi connectivity index (χ0) is 16.8. The van der Waals surface area contributed by atoms with Crippen LogP contribution in [0.5, 0.6) is 0 Å². The second-order valence-corrected chi connectivity index (χ2v) is 5.80. The summed E-state index contributed by atoms with van der Waals surface area (Å²) in [5.41, 5.74) is 0.833. The summed E-state index contributed by atoms with van der Waals surface area (Å²) in [7, 11) is 0. The van der Waals surface area contributed by atoms with Gasteiger partial charge in [-0.1, -0.05) is 30.3 Å².